The zero-order valence-electron chi connectivity index (χ0n) is 14.5. The number of rotatable bonds is 5. The van der Waals surface area contributed by atoms with Gasteiger partial charge < -0.3 is 9.84 Å². The number of aromatic nitrogens is 3. The average molecular weight is 376 g/mol. The van der Waals surface area contributed by atoms with Crippen LogP contribution in [0.2, 0.25) is 0 Å². The molecular formula is C20H16N4O2S. The highest BCUT2D eigenvalue weighted by Crippen LogP contribution is 2.26. The first-order valence-corrected chi connectivity index (χ1v) is 9.34. The van der Waals surface area contributed by atoms with Gasteiger partial charge in [0.2, 0.25) is 0 Å². The SMILES string of the molecule is Cc1cc(CSc2ncccc2C(=O)Nc2cccc3cccnc23)no1. The Morgan fingerprint density at radius 1 is 1.11 bits per heavy atom. The van der Waals surface area contributed by atoms with Crippen molar-refractivity contribution >= 4 is 34.3 Å². The van der Waals surface area contributed by atoms with Crippen LogP contribution in [-0.2, 0) is 5.75 Å². The molecule has 134 valence electrons. The van der Waals surface area contributed by atoms with Gasteiger partial charge in [0.15, 0.2) is 0 Å². The van der Waals surface area contributed by atoms with Crippen LogP contribution in [0, 0.1) is 6.92 Å². The van der Waals surface area contributed by atoms with E-state index in [0.29, 0.717) is 22.0 Å². The second kappa shape index (κ2) is 7.59. The van der Waals surface area contributed by atoms with Crippen molar-refractivity contribution < 1.29 is 9.32 Å². The summed E-state index contributed by atoms with van der Waals surface area (Å²) in [4.78, 5) is 21.6. The smallest absolute Gasteiger partial charge is 0.258 e. The number of nitrogens with one attached hydrogen (secondary N) is 1. The lowest BCUT2D eigenvalue weighted by Gasteiger charge is -2.10. The standard InChI is InChI=1S/C20H16N4O2S/c1-13-11-15(24-26-13)12-27-20-16(7-4-10-22-20)19(25)23-17-8-2-5-14-6-3-9-21-18(14)17/h2-11H,12H2,1H3,(H,23,25). The van der Waals surface area contributed by atoms with E-state index in [4.69, 9.17) is 4.52 Å². The number of fused-ring (bicyclic) bond motifs is 1. The van der Waals surface area contributed by atoms with E-state index in [1.54, 1.807) is 24.5 Å². The zero-order chi connectivity index (χ0) is 18.6. The quantitative estimate of drug-likeness (QED) is 0.518. The van der Waals surface area contributed by atoms with Crippen LogP contribution < -0.4 is 5.32 Å². The van der Waals surface area contributed by atoms with E-state index < -0.39 is 0 Å². The van der Waals surface area contributed by atoms with Crippen LogP contribution in [0.3, 0.4) is 0 Å². The minimum absolute atomic E-state index is 0.222. The molecule has 4 rings (SSSR count). The van der Waals surface area contributed by atoms with E-state index >= 15 is 0 Å². The molecule has 0 aliphatic rings. The lowest BCUT2D eigenvalue weighted by molar-refractivity contribution is 0.102. The first-order valence-electron chi connectivity index (χ1n) is 8.36. The predicted molar refractivity (Wildman–Crippen MR) is 105 cm³/mol. The summed E-state index contributed by atoms with van der Waals surface area (Å²) in [5.74, 6) is 1.11. The van der Waals surface area contributed by atoms with Crippen LogP contribution >= 0.6 is 11.8 Å². The van der Waals surface area contributed by atoms with Gasteiger partial charge in [0.1, 0.15) is 10.8 Å². The lowest BCUT2D eigenvalue weighted by atomic mass is 10.2. The number of carbonyl (C=O) groups is 1. The normalized spacial score (nSPS) is 10.9. The summed E-state index contributed by atoms with van der Waals surface area (Å²) in [6.07, 6.45) is 3.38. The summed E-state index contributed by atoms with van der Waals surface area (Å²) < 4.78 is 5.08. The Bertz CT molecular complexity index is 1100. The Kier molecular flexibility index (Phi) is 4.84. The van der Waals surface area contributed by atoms with Crippen LogP contribution in [0.15, 0.2) is 70.5 Å². The number of carbonyl (C=O) groups excluding carboxylic acids is 1. The Morgan fingerprint density at radius 2 is 1.93 bits per heavy atom. The number of hydrogen-bond donors (Lipinski definition) is 1. The number of aryl methyl sites for hydroxylation is 1. The van der Waals surface area contributed by atoms with Gasteiger partial charge in [0.25, 0.3) is 5.91 Å². The third-order valence-electron chi connectivity index (χ3n) is 3.93. The number of para-hydroxylation sites is 1. The minimum Gasteiger partial charge on any atom is -0.361 e. The highest BCUT2D eigenvalue weighted by molar-refractivity contribution is 7.98. The van der Waals surface area contributed by atoms with Gasteiger partial charge in [-0.05, 0) is 31.2 Å². The first-order chi connectivity index (χ1) is 13.2. The van der Waals surface area contributed by atoms with Gasteiger partial charge in [-0.3, -0.25) is 9.78 Å². The Balaban J connectivity index is 1.56. The summed E-state index contributed by atoms with van der Waals surface area (Å²) in [5, 5.41) is 8.54. The molecule has 7 heteroatoms. The monoisotopic (exact) mass is 376 g/mol. The Labute approximate surface area is 160 Å². The van der Waals surface area contributed by atoms with Crippen molar-refractivity contribution in [3.05, 3.63) is 77.9 Å². The molecule has 6 nitrogen and oxygen atoms in total. The van der Waals surface area contributed by atoms with Crippen molar-refractivity contribution in [3.63, 3.8) is 0 Å². The molecule has 0 radical (unpaired) electrons. The number of benzene rings is 1. The van der Waals surface area contributed by atoms with E-state index in [1.165, 1.54) is 11.8 Å². The summed E-state index contributed by atoms with van der Waals surface area (Å²) in [7, 11) is 0. The van der Waals surface area contributed by atoms with Crippen LogP contribution in [0.5, 0.6) is 0 Å². The van der Waals surface area contributed by atoms with Crippen molar-refractivity contribution in [2.45, 2.75) is 17.7 Å². The molecule has 1 amide bonds. The van der Waals surface area contributed by atoms with Gasteiger partial charge in [-0.15, -0.1) is 0 Å². The molecule has 0 saturated heterocycles. The fourth-order valence-electron chi connectivity index (χ4n) is 2.70. The van der Waals surface area contributed by atoms with Gasteiger partial charge in [0.05, 0.1) is 22.5 Å². The molecule has 3 aromatic heterocycles. The summed E-state index contributed by atoms with van der Waals surface area (Å²) in [6, 6.07) is 14.9. The van der Waals surface area contributed by atoms with Gasteiger partial charge in [-0.2, -0.15) is 0 Å². The fraction of sp³-hybridized carbons (Fsp3) is 0.100. The van der Waals surface area contributed by atoms with E-state index in [1.807, 2.05) is 43.3 Å². The first kappa shape index (κ1) is 17.2. The maximum Gasteiger partial charge on any atom is 0.258 e. The number of amides is 1. The Morgan fingerprint density at radius 3 is 2.78 bits per heavy atom. The van der Waals surface area contributed by atoms with Crippen LogP contribution in [0.25, 0.3) is 10.9 Å². The maximum atomic E-state index is 12.9. The van der Waals surface area contributed by atoms with Gasteiger partial charge in [-0.1, -0.05) is 35.1 Å². The molecule has 3 heterocycles. The van der Waals surface area contributed by atoms with Gasteiger partial charge in [-0.25, -0.2) is 4.98 Å². The summed E-state index contributed by atoms with van der Waals surface area (Å²) in [6.45, 7) is 1.85. The molecule has 1 aromatic carbocycles. The fourth-order valence-corrected chi connectivity index (χ4v) is 3.57. The number of pyridine rings is 2. The molecule has 0 fully saturated rings. The molecule has 1 N–H and O–H groups in total. The van der Waals surface area contributed by atoms with Crippen LogP contribution in [0.4, 0.5) is 5.69 Å². The van der Waals surface area contributed by atoms with Crippen molar-refractivity contribution in [2.75, 3.05) is 5.32 Å². The number of thioether (sulfide) groups is 1. The summed E-state index contributed by atoms with van der Waals surface area (Å²) >= 11 is 1.45. The number of hydrogen-bond acceptors (Lipinski definition) is 6. The van der Waals surface area contributed by atoms with E-state index in [0.717, 1.165) is 22.4 Å². The third-order valence-corrected chi connectivity index (χ3v) is 4.97. The van der Waals surface area contributed by atoms with Crippen molar-refractivity contribution in [1.82, 2.24) is 15.1 Å². The molecule has 0 aliphatic carbocycles. The molecule has 0 atom stereocenters. The zero-order valence-corrected chi connectivity index (χ0v) is 15.4. The van der Waals surface area contributed by atoms with E-state index in [9.17, 15) is 4.79 Å². The molecule has 0 bridgehead atoms. The number of anilines is 1. The lowest BCUT2D eigenvalue weighted by Crippen LogP contribution is -2.14. The highest BCUT2D eigenvalue weighted by atomic mass is 32.2. The maximum absolute atomic E-state index is 12.9. The van der Waals surface area contributed by atoms with Crippen LogP contribution in [-0.4, -0.2) is 21.0 Å². The van der Waals surface area contributed by atoms with Crippen molar-refractivity contribution in [2.24, 2.45) is 0 Å². The summed E-state index contributed by atoms with van der Waals surface area (Å²) in [5.41, 5.74) is 2.75. The van der Waals surface area contributed by atoms with E-state index in [-0.39, 0.29) is 5.91 Å². The van der Waals surface area contributed by atoms with Crippen molar-refractivity contribution in [1.29, 1.82) is 0 Å². The van der Waals surface area contributed by atoms with Crippen LogP contribution in [0.1, 0.15) is 21.8 Å². The van der Waals surface area contributed by atoms with Gasteiger partial charge in [0, 0.05) is 29.6 Å². The topological polar surface area (TPSA) is 80.9 Å². The van der Waals surface area contributed by atoms with Crippen molar-refractivity contribution in [3.8, 4) is 0 Å². The molecule has 4 aromatic rings. The largest absolute Gasteiger partial charge is 0.361 e. The number of nitrogens with zero attached hydrogens (tertiary/aromatic N) is 3. The Hall–Kier alpha value is -3.19. The molecule has 27 heavy (non-hydrogen) atoms. The minimum atomic E-state index is -0.222. The highest BCUT2D eigenvalue weighted by Gasteiger charge is 2.15. The van der Waals surface area contributed by atoms with Gasteiger partial charge >= 0.3 is 0 Å². The predicted octanol–water partition coefficient (Wildman–Crippen LogP) is 4.47. The molecule has 0 spiro atoms. The second-order valence-corrected chi connectivity index (χ2v) is 6.87. The second-order valence-electron chi connectivity index (χ2n) is 5.91. The third kappa shape index (κ3) is 3.83. The van der Waals surface area contributed by atoms with E-state index in [2.05, 4.69) is 20.4 Å². The molecule has 0 aliphatic heterocycles. The molecule has 0 unspecified atom stereocenters. The average Bonchev–Trinajstić information content (AvgIpc) is 3.12. The molecular weight excluding hydrogens is 360 g/mol. The molecule has 0 saturated carbocycles.